The Balaban J connectivity index is 2.12. The first-order valence-corrected chi connectivity index (χ1v) is 2.94. The molecule has 0 radical (unpaired) electrons. The molecule has 0 saturated carbocycles. The van der Waals surface area contributed by atoms with Gasteiger partial charge in [-0.2, -0.15) is 0 Å². The molecule has 1 aliphatic heterocycles. The third kappa shape index (κ3) is 1.63. The summed E-state index contributed by atoms with van der Waals surface area (Å²) in [6, 6.07) is 0. The van der Waals surface area contributed by atoms with Crippen molar-refractivity contribution < 1.29 is 0 Å². The smallest absolute Gasteiger partial charge is 0.135 e. The Hall–Kier alpha value is 0.210. The second-order valence-electron chi connectivity index (χ2n) is 1.62. The van der Waals surface area contributed by atoms with Gasteiger partial charge in [0.2, 0.25) is 0 Å². The highest BCUT2D eigenvalue weighted by atomic mass is 35.5. The highest BCUT2D eigenvalue weighted by Gasteiger charge is 2.04. The summed E-state index contributed by atoms with van der Waals surface area (Å²) in [7, 11) is 0. The van der Waals surface area contributed by atoms with E-state index in [1.165, 1.54) is 6.42 Å². The fraction of sp³-hybridized carbons (Fsp3) is 1.00. The lowest BCUT2D eigenvalue weighted by molar-refractivity contribution is 0.458. The van der Waals surface area contributed by atoms with E-state index < -0.39 is 0 Å². The number of rotatable bonds is 0. The lowest BCUT2D eigenvalue weighted by Crippen LogP contribution is -2.44. The summed E-state index contributed by atoms with van der Waals surface area (Å²) in [4.78, 5) is 0. The van der Waals surface area contributed by atoms with Crippen LogP contribution >= 0.6 is 11.6 Å². The quantitative estimate of drug-likeness (QED) is 0.350. The van der Waals surface area contributed by atoms with Crippen LogP contribution in [0.4, 0.5) is 0 Å². The minimum atomic E-state index is 0.00810. The molecule has 0 spiro atoms. The Morgan fingerprint density at radius 1 is 1.29 bits per heavy atom. The fourth-order valence-electron chi connectivity index (χ4n) is 0.618. The molecule has 0 aliphatic carbocycles. The molecule has 1 rings (SSSR count). The Morgan fingerprint density at radius 3 is 2.14 bits per heavy atom. The topological polar surface area (TPSA) is 24.1 Å². The van der Waals surface area contributed by atoms with Gasteiger partial charge in [0.05, 0.1) is 0 Å². The van der Waals surface area contributed by atoms with Gasteiger partial charge in [-0.25, -0.2) is 0 Å². The molecule has 1 saturated heterocycles. The average molecular weight is 121 g/mol. The molecule has 0 unspecified atom stereocenters. The van der Waals surface area contributed by atoms with Gasteiger partial charge in [-0.05, 0) is 19.5 Å². The summed E-state index contributed by atoms with van der Waals surface area (Å²) in [5, 5.41) is 6.07. The van der Waals surface area contributed by atoms with Crippen LogP contribution in [0.2, 0.25) is 0 Å². The normalized spacial score (nSPS) is 25.3. The van der Waals surface area contributed by atoms with Gasteiger partial charge in [0.25, 0.3) is 0 Å². The molecule has 0 aromatic heterocycles. The molecule has 42 valence electrons. The van der Waals surface area contributed by atoms with Crippen molar-refractivity contribution >= 4 is 11.6 Å². The Morgan fingerprint density at radius 2 is 1.86 bits per heavy atom. The molecular weight excluding hydrogens is 112 g/mol. The predicted octanol–water partition coefficient (Wildman–Crippen LogP) is 0.0917. The van der Waals surface area contributed by atoms with Gasteiger partial charge in [0.1, 0.15) is 5.62 Å². The van der Waals surface area contributed by atoms with E-state index in [4.69, 9.17) is 11.6 Å². The second-order valence-corrected chi connectivity index (χ2v) is 2.06. The lowest BCUT2D eigenvalue weighted by atomic mass is 10.4. The van der Waals surface area contributed by atoms with Crippen molar-refractivity contribution in [1.82, 2.24) is 10.6 Å². The van der Waals surface area contributed by atoms with E-state index in [-0.39, 0.29) is 5.62 Å². The molecule has 3 heteroatoms. The number of nitrogens with one attached hydrogen (secondary N) is 2. The number of halogens is 1. The van der Waals surface area contributed by atoms with E-state index >= 15 is 0 Å². The van der Waals surface area contributed by atoms with Crippen molar-refractivity contribution in [2.45, 2.75) is 12.0 Å². The van der Waals surface area contributed by atoms with Crippen LogP contribution in [-0.2, 0) is 0 Å². The minimum absolute atomic E-state index is 0.00810. The predicted molar refractivity (Wildman–Crippen MR) is 30.3 cm³/mol. The number of hydrogen-bond donors (Lipinski definition) is 2. The molecule has 0 aromatic carbocycles. The van der Waals surface area contributed by atoms with Gasteiger partial charge < -0.3 is 0 Å². The maximum atomic E-state index is 5.59. The largest absolute Gasteiger partial charge is 0.289 e. The lowest BCUT2D eigenvalue weighted by Gasteiger charge is -2.18. The van der Waals surface area contributed by atoms with Crippen LogP contribution in [0.5, 0.6) is 0 Å². The Labute approximate surface area is 48.2 Å². The standard InChI is InChI=1S/C4H9ClN2/c5-4-6-2-1-3-7-4/h4,6-7H,1-3H2. The van der Waals surface area contributed by atoms with E-state index in [1.807, 2.05) is 0 Å². The highest BCUT2D eigenvalue weighted by Crippen LogP contribution is 1.90. The second kappa shape index (κ2) is 2.50. The molecule has 0 bridgehead atoms. The van der Waals surface area contributed by atoms with Crippen molar-refractivity contribution in [3.63, 3.8) is 0 Å². The Kier molecular flexibility index (Phi) is 1.91. The molecule has 0 aromatic rings. The minimum Gasteiger partial charge on any atom is -0.289 e. The molecule has 2 nitrogen and oxygen atoms in total. The molecule has 2 N–H and O–H groups in total. The van der Waals surface area contributed by atoms with Crippen molar-refractivity contribution in [1.29, 1.82) is 0 Å². The summed E-state index contributed by atoms with van der Waals surface area (Å²) in [6.45, 7) is 2.09. The molecular formula is C4H9ClN2. The average Bonchev–Trinajstić information content (AvgIpc) is 1.69. The first-order valence-electron chi connectivity index (χ1n) is 2.50. The van der Waals surface area contributed by atoms with Crippen molar-refractivity contribution in [3.8, 4) is 0 Å². The first kappa shape index (κ1) is 5.35. The van der Waals surface area contributed by atoms with Crippen LogP contribution in [0.25, 0.3) is 0 Å². The fourth-order valence-corrected chi connectivity index (χ4v) is 0.836. The summed E-state index contributed by atoms with van der Waals surface area (Å²) in [6.07, 6.45) is 1.18. The van der Waals surface area contributed by atoms with Gasteiger partial charge in [0, 0.05) is 0 Å². The van der Waals surface area contributed by atoms with Crippen LogP contribution in [0, 0.1) is 0 Å². The van der Waals surface area contributed by atoms with Crippen LogP contribution in [0.1, 0.15) is 6.42 Å². The van der Waals surface area contributed by atoms with Crippen molar-refractivity contribution in [2.75, 3.05) is 13.1 Å². The summed E-state index contributed by atoms with van der Waals surface area (Å²) >= 11 is 5.59. The summed E-state index contributed by atoms with van der Waals surface area (Å²) in [5.74, 6) is 0. The van der Waals surface area contributed by atoms with Gasteiger partial charge in [-0.3, -0.25) is 10.6 Å². The van der Waals surface area contributed by atoms with Crippen LogP contribution < -0.4 is 10.6 Å². The van der Waals surface area contributed by atoms with Crippen molar-refractivity contribution in [2.24, 2.45) is 0 Å². The molecule has 1 fully saturated rings. The van der Waals surface area contributed by atoms with Crippen LogP contribution in [0.3, 0.4) is 0 Å². The van der Waals surface area contributed by atoms with Gasteiger partial charge >= 0.3 is 0 Å². The SMILES string of the molecule is ClC1NCCCN1. The van der Waals surface area contributed by atoms with Crippen LogP contribution in [0.15, 0.2) is 0 Å². The zero-order valence-corrected chi connectivity index (χ0v) is 4.83. The molecule has 0 amide bonds. The van der Waals surface area contributed by atoms with E-state index in [1.54, 1.807) is 0 Å². The summed E-state index contributed by atoms with van der Waals surface area (Å²) < 4.78 is 0. The maximum Gasteiger partial charge on any atom is 0.135 e. The number of alkyl halides is 1. The maximum absolute atomic E-state index is 5.59. The molecule has 7 heavy (non-hydrogen) atoms. The van der Waals surface area contributed by atoms with Crippen molar-refractivity contribution in [3.05, 3.63) is 0 Å². The van der Waals surface area contributed by atoms with Gasteiger partial charge in [-0.1, -0.05) is 11.6 Å². The van der Waals surface area contributed by atoms with E-state index in [0.29, 0.717) is 0 Å². The Bertz CT molecular complexity index is 51.7. The van der Waals surface area contributed by atoms with Gasteiger partial charge in [-0.15, -0.1) is 0 Å². The van der Waals surface area contributed by atoms with E-state index in [2.05, 4.69) is 10.6 Å². The third-order valence-electron chi connectivity index (χ3n) is 1.00. The third-order valence-corrected chi connectivity index (χ3v) is 1.31. The highest BCUT2D eigenvalue weighted by molar-refractivity contribution is 6.20. The first-order chi connectivity index (χ1) is 3.39. The van der Waals surface area contributed by atoms with E-state index in [9.17, 15) is 0 Å². The monoisotopic (exact) mass is 120 g/mol. The van der Waals surface area contributed by atoms with Gasteiger partial charge in [0.15, 0.2) is 0 Å². The van der Waals surface area contributed by atoms with E-state index in [0.717, 1.165) is 13.1 Å². The number of hydrogen-bond acceptors (Lipinski definition) is 2. The summed E-state index contributed by atoms with van der Waals surface area (Å²) in [5.41, 5.74) is 0.00810. The zero-order valence-electron chi connectivity index (χ0n) is 4.08. The molecule has 1 aliphatic rings. The zero-order chi connectivity index (χ0) is 5.11. The van der Waals surface area contributed by atoms with Crippen LogP contribution in [-0.4, -0.2) is 18.7 Å². The molecule has 1 heterocycles. The molecule has 0 atom stereocenters.